The largest absolute Gasteiger partial charge is 0.481 e. The number of carbonyl (C=O) groups is 2. The van der Waals surface area contributed by atoms with Crippen molar-refractivity contribution in [1.82, 2.24) is 5.32 Å². The summed E-state index contributed by atoms with van der Waals surface area (Å²) in [5.74, 6) is -0.600. The third-order valence-electron chi connectivity index (χ3n) is 3.88. The topological polar surface area (TPSA) is 87.7 Å². The number of anilines is 1. The molecule has 1 amide bonds. The predicted octanol–water partition coefficient (Wildman–Crippen LogP) is 1.48. The second-order valence-electron chi connectivity index (χ2n) is 5.42. The number of para-hydroxylation sites is 2. The number of hydrogen-bond acceptors (Lipinski definition) is 4. The first-order valence-corrected chi connectivity index (χ1v) is 6.97. The van der Waals surface area contributed by atoms with Gasteiger partial charge in [-0.15, -0.1) is 0 Å². The maximum atomic E-state index is 12.1. The molecule has 0 aliphatic carbocycles. The number of amides is 1. The fourth-order valence-corrected chi connectivity index (χ4v) is 2.01. The van der Waals surface area contributed by atoms with Gasteiger partial charge in [0, 0.05) is 6.54 Å². The van der Waals surface area contributed by atoms with Gasteiger partial charge in [0.1, 0.15) is 5.75 Å². The highest BCUT2D eigenvalue weighted by atomic mass is 16.5. The number of rotatable bonds is 5. The Morgan fingerprint density at radius 1 is 1.48 bits per heavy atom. The summed E-state index contributed by atoms with van der Waals surface area (Å²) < 4.78 is 5.63. The Labute approximate surface area is 123 Å². The second kappa shape index (κ2) is 6.03. The van der Waals surface area contributed by atoms with Gasteiger partial charge in [-0.25, -0.2) is 0 Å². The smallest absolute Gasteiger partial charge is 0.311 e. The minimum absolute atomic E-state index is 0.0825. The third-order valence-corrected chi connectivity index (χ3v) is 3.88. The van der Waals surface area contributed by atoms with Crippen LogP contribution in [0.15, 0.2) is 24.3 Å². The first-order chi connectivity index (χ1) is 9.96. The number of benzene rings is 1. The lowest BCUT2D eigenvalue weighted by Crippen LogP contribution is -2.48. The lowest BCUT2D eigenvalue weighted by atomic mass is 9.87. The standard InChI is InChI=1S/C15H20N2O4/c1-3-15(2,14(19)20)9-17-13(18)12-8-16-10-6-4-5-7-11(10)21-12/h4-7,12,16H,3,8-9H2,1-2H3,(H,17,18)(H,19,20). The Morgan fingerprint density at radius 2 is 2.19 bits per heavy atom. The molecule has 0 aromatic heterocycles. The monoisotopic (exact) mass is 292 g/mol. The molecule has 0 radical (unpaired) electrons. The van der Waals surface area contributed by atoms with Crippen molar-refractivity contribution in [2.75, 3.05) is 18.4 Å². The van der Waals surface area contributed by atoms with Crippen molar-refractivity contribution in [2.45, 2.75) is 26.4 Å². The molecule has 0 saturated heterocycles. The van der Waals surface area contributed by atoms with Crippen LogP contribution in [0.5, 0.6) is 5.75 Å². The number of aliphatic carboxylic acids is 1. The molecule has 3 N–H and O–H groups in total. The minimum Gasteiger partial charge on any atom is -0.481 e. The molecule has 6 nitrogen and oxygen atoms in total. The molecule has 1 aliphatic rings. The zero-order valence-electron chi connectivity index (χ0n) is 12.2. The van der Waals surface area contributed by atoms with Crippen LogP contribution in [-0.2, 0) is 9.59 Å². The van der Waals surface area contributed by atoms with Crippen LogP contribution in [0.25, 0.3) is 0 Å². The molecule has 6 heteroatoms. The zero-order chi connectivity index (χ0) is 15.5. The molecule has 1 heterocycles. The molecule has 0 saturated carbocycles. The molecular formula is C15H20N2O4. The van der Waals surface area contributed by atoms with Crippen LogP contribution in [0.3, 0.4) is 0 Å². The van der Waals surface area contributed by atoms with E-state index in [4.69, 9.17) is 4.74 Å². The molecule has 2 rings (SSSR count). The third kappa shape index (κ3) is 3.26. The van der Waals surface area contributed by atoms with Crippen molar-refractivity contribution in [2.24, 2.45) is 5.41 Å². The highest BCUT2D eigenvalue weighted by molar-refractivity contribution is 5.84. The van der Waals surface area contributed by atoms with Crippen molar-refractivity contribution in [3.8, 4) is 5.75 Å². The fraction of sp³-hybridized carbons (Fsp3) is 0.467. The van der Waals surface area contributed by atoms with Gasteiger partial charge in [-0.3, -0.25) is 9.59 Å². The molecule has 1 aliphatic heterocycles. The van der Waals surface area contributed by atoms with E-state index in [1.165, 1.54) is 0 Å². The maximum absolute atomic E-state index is 12.1. The van der Waals surface area contributed by atoms with E-state index >= 15 is 0 Å². The molecule has 0 fully saturated rings. The summed E-state index contributed by atoms with van der Waals surface area (Å²) in [6, 6.07) is 7.38. The summed E-state index contributed by atoms with van der Waals surface area (Å²) in [5, 5.41) is 15.0. The van der Waals surface area contributed by atoms with Crippen LogP contribution in [0.2, 0.25) is 0 Å². The van der Waals surface area contributed by atoms with Crippen molar-refractivity contribution in [3.63, 3.8) is 0 Å². The van der Waals surface area contributed by atoms with Gasteiger partial charge in [0.25, 0.3) is 5.91 Å². The van der Waals surface area contributed by atoms with E-state index < -0.39 is 17.5 Å². The molecule has 2 unspecified atom stereocenters. The molecule has 1 aromatic rings. The lowest BCUT2D eigenvalue weighted by molar-refractivity contribution is -0.148. The number of hydrogen-bond donors (Lipinski definition) is 3. The van der Waals surface area contributed by atoms with Gasteiger partial charge in [-0.1, -0.05) is 19.1 Å². The van der Waals surface area contributed by atoms with E-state index in [0.717, 1.165) is 5.69 Å². The first kappa shape index (κ1) is 15.2. The van der Waals surface area contributed by atoms with Gasteiger partial charge < -0.3 is 20.5 Å². The zero-order valence-corrected chi connectivity index (χ0v) is 12.2. The lowest BCUT2D eigenvalue weighted by Gasteiger charge is -2.28. The number of ether oxygens (including phenoxy) is 1. The normalized spacial score (nSPS) is 19.4. The van der Waals surface area contributed by atoms with Crippen molar-refractivity contribution >= 4 is 17.6 Å². The van der Waals surface area contributed by atoms with E-state index in [1.54, 1.807) is 19.9 Å². The molecule has 0 spiro atoms. The van der Waals surface area contributed by atoms with Crippen LogP contribution >= 0.6 is 0 Å². The highest BCUT2D eigenvalue weighted by Gasteiger charge is 2.33. The quantitative estimate of drug-likeness (QED) is 0.765. The van der Waals surface area contributed by atoms with Gasteiger partial charge in [0.2, 0.25) is 0 Å². The summed E-state index contributed by atoms with van der Waals surface area (Å²) in [5.41, 5.74) is -0.110. The molecule has 1 aromatic carbocycles. The highest BCUT2D eigenvalue weighted by Crippen LogP contribution is 2.28. The van der Waals surface area contributed by atoms with Gasteiger partial charge >= 0.3 is 5.97 Å². The predicted molar refractivity (Wildman–Crippen MR) is 78.4 cm³/mol. The Balaban J connectivity index is 1.95. The van der Waals surface area contributed by atoms with Gasteiger partial charge in [-0.2, -0.15) is 0 Å². The number of nitrogens with one attached hydrogen (secondary N) is 2. The molecule has 21 heavy (non-hydrogen) atoms. The number of carboxylic acids is 1. The van der Waals surface area contributed by atoms with Gasteiger partial charge in [0.15, 0.2) is 6.10 Å². The van der Waals surface area contributed by atoms with Gasteiger partial charge in [0.05, 0.1) is 17.6 Å². The number of carboxylic acid groups (broad SMARTS) is 1. The molecule has 114 valence electrons. The van der Waals surface area contributed by atoms with Crippen LogP contribution in [0, 0.1) is 5.41 Å². The van der Waals surface area contributed by atoms with E-state index in [9.17, 15) is 14.7 Å². The van der Waals surface area contributed by atoms with E-state index in [0.29, 0.717) is 18.7 Å². The Hall–Kier alpha value is -2.24. The fourth-order valence-electron chi connectivity index (χ4n) is 2.01. The molecule has 0 bridgehead atoms. The number of fused-ring (bicyclic) bond motifs is 1. The maximum Gasteiger partial charge on any atom is 0.311 e. The SMILES string of the molecule is CCC(C)(CNC(=O)C1CNc2ccccc2O1)C(=O)O. The number of carbonyl (C=O) groups excluding carboxylic acids is 1. The van der Waals surface area contributed by atoms with Crippen LogP contribution in [0.4, 0.5) is 5.69 Å². The Kier molecular flexibility index (Phi) is 4.35. The summed E-state index contributed by atoms with van der Waals surface area (Å²) in [6.45, 7) is 3.85. The van der Waals surface area contributed by atoms with Crippen LogP contribution in [-0.4, -0.2) is 36.2 Å². The average Bonchev–Trinajstić information content (AvgIpc) is 2.51. The molecular weight excluding hydrogens is 272 g/mol. The summed E-state index contributed by atoms with van der Waals surface area (Å²) >= 11 is 0. The van der Waals surface area contributed by atoms with E-state index in [1.807, 2.05) is 18.2 Å². The van der Waals surface area contributed by atoms with Gasteiger partial charge in [-0.05, 0) is 25.5 Å². The summed E-state index contributed by atoms with van der Waals surface area (Å²) in [6.07, 6.45) is -0.218. The Morgan fingerprint density at radius 3 is 2.86 bits per heavy atom. The first-order valence-electron chi connectivity index (χ1n) is 6.97. The van der Waals surface area contributed by atoms with Crippen molar-refractivity contribution in [1.29, 1.82) is 0 Å². The Bertz CT molecular complexity index is 546. The minimum atomic E-state index is -0.963. The van der Waals surface area contributed by atoms with Crippen LogP contribution < -0.4 is 15.4 Å². The molecule has 2 atom stereocenters. The van der Waals surface area contributed by atoms with E-state index in [2.05, 4.69) is 10.6 Å². The van der Waals surface area contributed by atoms with Crippen molar-refractivity contribution in [3.05, 3.63) is 24.3 Å². The average molecular weight is 292 g/mol. The van der Waals surface area contributed by atoms with Crippen molar-refractivity contribution < 1.29 is 19.4 Å². The van der Waals surface area contributed by atoms with E-state index in [-0.39, 0.29) is 12.5 Å². The summed E-state index contributed by atoms with van der Waals surface area (Å²) in [4.78, 5) is 23.3. The van der Waals surface area contributed by atoms with Crippen LogP contribution in [0.1, 0.15) is 20.3 Å². The second-order valence-corrected chi connectivity index (χ2v) is 5.42. The summed E-state index contributed by atoms with van der Waals surface area (Å²) in [7, 11) is 0.